The molecule has 7 heteroatoms. The molecule has 0 radical (unpaired) electrons. The fourth-order valence-electron chi connectivity index (χ4n) is 2.15. The Labute approximate surface area is 139 Å². The van der Waals surface area contributed by atoms with Gasteiger partial charge in [-0.15, -0.1) is 0 Å². The Kier molecular flexibility index (Phi) is 5.68. The number of halogens is 1. The van der Waals surface area contributed by atoms with E-state index >= 15 is 0 Å². The van der Waals surface area contributed by atoms with E-state index in [1.165, 1.54) is 12.1 Å². The molecule has 2 rings (SSSR count). The summed E-state index contributed by atoms with van der Waals surface area (Å²) in [7, 11) is 0. The zero-order valence-corrected chi connectivity index (χ0v) is 13.8. The summed E-state index contributed by atoms with van der Waals surface area (Å²) in [5.74, 6) is -0.416. The van der Waals surface area contributed by atoms with Gasteiger partial charge in [0.1, 0.15) is 17.6 Å². The van der Waals surface area contributed by atoms with Gasteiger partial charge in [-0.1, -0.05) is 24.2 Å². The molecule has 2 atom stereocenters. The predicted octanol–water partition coefficient (Wildman–Crippen LogP) is 2.44. The molecular formula is C17H20FN3O3. The van der Waals surface area contributed by atoms with Gasteiger partial charge >= 0.3 is 0 Å². The van der Waals surface area contributed by atoms with E-state index in [0.717, 1.165) is 5.56 Å². The van der Waals surface area contributed by atoms with E-state index in [4.69, 9.17) is 4.52 Å². The summed E-state index contributed by atoms with van der Waals surface area (Å²) in [5, 5.41) is 8.88. The maximum atomic E-state index is 12.9. The summed E-state index contributed by atoms with van der Waals surface area (Å²) in [6.45, 7) is 5.06. The van der Waals surface area contributed by atoms with Crippen molar-refractivity contribution in [3.8, 4) is 0 Å². The van der Waals surface area contributed by atoms with Crippen LogP contribution in [0.3, 0.4) is 0 Å². The first-order valence-electron chi connectivity index (χ1n) is 7.64. The molecule has 0 spiro atoms. The molecule has 1 heterocycles. The van der Waals surface area contributed by atoms with Crippen LogP contribution in [0, 0.1) is 18.7 Å². The number of amides is 2. The Morgan fingerprint density at radius 3 is 2.46 bits per heavy atom. The predicted molar refractivity (Wildman–Crippen MR) is 86.7 cm³/mol. The number of rotatable bonds is 6. The lowest BCUT2D eigenvalue weighted by molar-refractivity contribution is -0.128. The van der Waals surface area contributed by atoms with Gasteiger partial charge in [0.05, 0.1) is 0 Å². The number of aromatic nitrogens is 1. The van der Waals surface area contributed by atoms with Crippen molar-refractivity contribution in [3.63, 3.8) is 0 Å². The van der Waals surface area contributed by atoms with Gasteiger partial charge < -0.3 is 15.2 Å². The first-order valence-corrected chi connectivity index (χ1v) is 7.64. The van der Waals surface area contributed by atoms with Gasteiger partial charge in [-0.25, -0.2) is 4.39 Å². The topological polar surface area (TPSA) is 84.2 Å². The van der Waals surface area contributed by atoms with Crippen molar-refractivity contribution < 1.29 is 18.5 Å². The van der Waals surface area contributed by atoms with Crippen molar-refractivity contribution >= 4 is 17.6 Å². The number of hydrogen-bond acceptors (Lipinski definition) is 4. The number of anilines is 1. The number of nitrogens with zero attached hydrogens (tertiary/aromatic N) is 1. The smallest absolute Gasteiger partial charge is 0.247 e. The molecule has 6 nitrogen and oxygen atoms in total. The fraction of sp³-hybridized carbons (Fsp3) is 0.353. The molecule has 0 saturated heterocycles. The molecule has 0 aliphatic heterocycles. The molecule has 24 heavy (non-hydrogen) atoms. The van der Waals surface area contributed by atoms with Gasteiger partial charge in [-0.05, 0) is 38.0 Å². The van der Waals surface area contributed by atoms with Crippen LogP contribution in [0.2, 0.25) is 0 Å². The monoisotopic (exact) mass is 333 g/mol. The second kappa shape index (κ2) is 7.72. The molecule has 2 aromatic rings. The lowest BCUT2D eigenvalue weighted by atomic mass is 10.00. The highest BCUT2D eigenvalue weighted by Crippen LogP contribution is 2.11. The summed E-state index contributed by atoms with van der Waals surface area (Å²) in [6.07, 6.45) is 0.461. The van der Waals surface area contributed by atoms with Gasteiger partial charge in [0.2, 0.25) is 11.8 Å². The second-order valence-electron chi connectivity index (χ2n) is 5.77. The van der Waals surface area contributed by atoms with Crippen LogP contribution in [-0.4, -0.2) is 23.0 Å². The Morgan fingerprint density at radius 1 is 1.21 bits per heavy atom. The highest BCUT2D eigenvalue weighted by atomic mass is 19.1. The third-order valence-electron chi connectivity index (χ3n) is 3.53. The molecule has 0 bridgehead atoms. The van der Waals surface area contributed by atoms with Crippen molar-refractivity contribution in [1.29, 1.82) is 0 Å². The number of carbonyl (C=O) groups is 2. The van der Waals surface area contributed by atoms with Gasteiger partial charge in [-0.3, -0.25) is 9.59 Å². The number of nitrogens with one attached hydrogen (secondary N) is 2. The molecule has 0 aliphatic rings. The minimum Gasteiger partial charge on any atom is -0.360 e. The molecule has 2 amide bonds. The summed E-state index contributed by atoms with van der Waals surface area (Å²) in [4.78, 5) is 24.2. The SMILES string of the molecule is Cc1cc(NC(=O)[C@@H](C)NC(=O)C(C)Cc2ccc(F)cc2)no1. The minimum atomic E-state index is -0.717. The molecule has 0 aliphatic carbocycles. The van der Waals surface area contributed by atoms with Gasteiger partial charge in [0.15, 0.2) is 5.82 Å². The highest BCUT2D eigenvalue weighted by Gasteiger charge is 2.20. The standard InChI is InChI=1S/C17H20FN3O3/c1-10(8-13-4-6-14(18)7-5-13)16(22)19-12(3)17(23)20-15-9-11(2)24-21-15/h4-7,9-10,12H,8H2,1-3H3,(H,19,22)(H,20,21,23)/t10?,12-/m1/s1. The van der Waals surface area contributed by atoms with Crippen molar-refractivity contribution in [2.75, 3.05) is 5.32 Å². The van der Waals surface area contributed by atoms with Crippen LogP contribution in [0.4, 0.5) is 10.2 Å². The maximum absolute atomic E-state index is 12.9. The minimum absolute atomic E-state index is 0.252. The first kappa shape index (κ1) is 17.7. The van der Waals surface area contributed by atoms with Gasteiger partial charge in [-0.2, -0.15) is 0 Å². The quantitative estimate of drug-likeness (QED) is 0.850. The lowest BCUT2D eigenvalue weighted by Crippen LogP contribution is -2.44. The second-order valence-corrected chi connectivity index (χ2v) is 5.77. The Bertz CT molecular complexity index is 712. The normalized spacial score (nSPS) is 13.2. The average molecular weight is 333 g/mol. The largest absolute Gasteiger partial charge is 0.360 e. The van der Waals surface area contributed by atoms with Gasteiger partial charge in [0, 0.05) is 12.0 Å². The van der Waals surface area contributed by atoms with Crippen LogP contribution in [0.25, 0.3) is 0 Å². The Balaban J connectivity index is 1.85. The third-order valence-corrected chi connectivity index (χ3v) is 3.53. The van der Waals surface area contributed by atoms with E-state index in [2.05, 4.69) is 15.8 Å². The van der Waals surface area contributed by atoms with E-state index in [1.807, 2.05) is 0 Å². The van der Waals surface area contributed by atoms with Crippen molar-refractivity contribution in [2.24, 2.45) is 5.92 Å². The summed E-state index contributed by atoms with van der Waals surface area (Å²) in [6, 6.07) is 6.87. The zero-order chi connectivity index (χ0) is 17.7. The molecule has 1 unspecified atom stereocenters. The highest BCUT2D eigenvalue weighted by molar-refractivity contribution is 5.96. The van der Waals surface area contributed by atoms with Crippen LogP contribution >= 0.6 is 0 Å². The molecule has 1 aromatic heterocycles. The van der Waals surface area contributed by atoms with Crippen LogP contribution in [0.15, 0.2) is 34.9 Å². The summed E-state index contributed by atoms with van der Waals surface area (Å²) >= 11 is 0. The molecule has 0 fully saturated rings. The average Bonchev–Trinajstić information content (AvgIpc) is 2.94. The van der Waals surface area contributed by atoms with Gasteiger partial charge in [0.25, 0.3) is 0 Å². The van der Waals surface area contributed by atoms with E-state index in [0.29, 0.717) is 18.0 Å². The van der Waals surface area contributed by atoms with Crippen LogP contribution in [0.5, 0.6) is 0 Å². The van der Waals surface area contributed by atoms with E-state index in [1.54, 1.807) is 39.0 Å². The van der Waals surface area contributed by atoms with Crippen molar-refractivity contribution in [2.45, 2.75) is 33.2 Å². The molecule has 1 aromatic carbocycles. The zero-order valence-electron chi connectivity index (χ0n) is 13.8. The number of hydrogen-bond donors (Lipinski definition) is 2. The number of aryl methyl sites for hydroxylation is 1. The Hall–Kier alpha value is -2.70. The number of carbonyl (C=O) groups excluding carboxylic acids is 2. The fourth-order valence-corrected chi connectivity index (χ4v) is 2.15. The maximum Gasteiger partial charge on any atom is 0.247 e. The molecule has 128 valence electrons. The number of benzene rings is 1. The molecule has 0 saturated carbocycles. The van der Waals surface area contributed by atoms with Crippen molar-refractivity contribution in [1.82, 2.24) is 10.5 Å². The molecule has 2 N–H and O–H groups in total. The Morgan fingerprint density at radius 2 is 1.88 bits per heavy atom. The van der Waals surface area contributed by atoms with Crippen molar-refractivity contribution in [3.05, 3.63) is 47.5 Å². The van der Waals surface area contributed by atoms with E-state index < -0.39 is 6.04 Å². The van der Waals surface area contributed by atoms with E-state index in [-0.39, 0.29) is 23.5 Å². The van der Waals surface area contributed by atoms with Crippen LogP contribution in [0.1, 0.15) is 25.2 Å². The lowest BCUT2D eigenvalue weighted by Gasteiger charge is -2.17. The first-order chi connectivity index (χ1) is 11.3. The van der Waals surface area contributed by atoms with Crippen LogP contribution in [-0.2, 0) is 16.0 Å². The third kappa shape index (κ3) is 4.91. The summed E-state index contributed by atoms with van der Waals surface area (Å²) in [5.41, 5.74) is 0.856. The summed E-state index contributed by atoms with van der Waals surface area (Å²) < 4.78 is 17.7. The van der Waals surface area contributed by atoms with E-state index in [9.17, 15) is 14.0 Å². The van der Waals surface area contributed by atoms with Crippen LogP contribution < -0.4 is 10.6 Å². The molecular weight excluding hydrogens is 313 g/mol.